The zero-order chi connectivity index (χ0) is 13.7. The van der Waals surface area contributed by atoms with Crippen LogP contribution in [0.4, 0.5) is 0 Å². The molecule has 0 unspecified atom stereocenters. The lowest BCUT2D eigenvalue weighted by Gasteiger charge is -2.00. The van der Waals surface area contributed by atoms with E-state index >= 15 is 0 Å². The number of aliphatic imine (C=N–C) groups is 1. The Hall–Kier alpha value is -1.13. The molecule has 1 N–H and O–H groups in total. The van der Waals surface area contributed by atoms with Gasteiger partial charge in [0, 0.05) is 16.9 Å². The molecule has 0 aromatic carbocycles. The fraction of sp³-hybridized carbons (Fsp3) is 0.444. The van der Waals surface area contributed by atoms with Gasteiger partial charge in [-0.15, -0.1) is 4.40 Å². The fourth-order valence-corrected chi connectivity index (χ4v) is 3.46. The van der Waals surface area contributed by atoms with Crippen LogP contribution in [0.2, 0.25) is 0 Å². The highest BCUT2D eigenvalue weighted by Gasteiger charge is 2.26. The van der Waals surface area contributed by atoms with Crippen molar-refractivity contribution in [1.82, 2.24) is 9.10 Å². The van der Waals surface area contributed by atoms with E-state index in [1.54, 1.807) is 11.8 Å². The zero-order valence-electron chi connectivity index (χ0n) is 10.1. The van der Waals surface area contributed by atoms with Gasteiger partial charge in [-0.1, -0.05) is 0 Å². The Labute approximate surface area is 119 Å². The molecule has 0 bridgehead atoms. The number of ether oxygens (including phenoxy) is 1. The summed E-state index contributed by atoms with van der Waals surface area (Å²) in [7, 11) is -2.31. The van der Waals surface area contributed by atoms with Crippen molar-refractivity contribution >= 4 is 45.2 Å². The van der Waals surface area contributed by atoms with Crippen LogP contribution in [0.5, 0.6) is 0 Å². The molecule has 0 amide bonds. The molecule has 0 radical (unpaired) electrons. The van der Waals surface area contributed by atoms with Crippen molar-refractivity contribution < 1.29 is 13.2 Å². The molecular formula is C9H12N4O3S3. The van der Waals surface area contributed by atoms with Crippen LogP contribution in [-0.2, 0) is 20.7 Å². The number of thioether (sulfide) groups is 1. The van der Waals surface area contributed by atoms with Gasteiger partial charge in [0.2, 0.25) is 5.84 Å². The van der Waals surface area contributed by atoms with E-state index in [9.17, 15) is 8.42 Å². The van der Waals surface area contributed by atoms with Crippen LogP contribution < -0.4 is 4.72 Å². The van der Waals surface area contributed by atoms with Crippen LogP contribution in [-0.4, -0.2) is 43.9 Å². The molecule has 7 nitrogen and oxygen atoms in total. The summed E-state index contributed by atoms with van der Waals surface area (Å²) >= 11 is 3.11. The number of rotatable bonds is 5. The molecule has 0 fully saturated rings. The van der Waals surface area contributed by atoms with Crippen LogP contribution in [0.25, 0.3) is 0 Å². The van der Waals surface area contributed by atoms with Gasteiger partial charge in [0.25, 0.3) is 5.90 Å². The average Bonchev–Trinajstić information content (AvgIpc) is 2.96. The topological polar surface area (TPSA) is 93.0 Å². The third-order valence-electron chi connectivity index (χ3n) is 2.07. The number of methoxy groups -OCH3 is 1. The molecule has 1 aliphatic heterocycles. The van der Waals surface area contributed by atoms with E-state index in [1.165, 1.54) is 18.6 Å². The van der Waals surface area contributed by atoms with E-state index in [2.05, 4.69) is 18.5 Å². The minimum atomic E-state index is -3.67. The first-order chi connectivity index (χ1) is 9.11. The SMILES string of the molecule is COC1=NS(=O)(=O)NC1=NCCSCc1ccsn1. The maximum atomic E-state index is 11.2. The highest BCUT2D eigenvalue weighted by molar-refractivity contribution is 7.98. The second kappa shape index (κ2) is 6.35. The van der Waals surface area contributed by atoms with E-state index in [0.29, 0.717) is 6.54 Å². The Balaban J connectivity index is 1.78. The van der Waals surface area contributed by atoms with Gasteiger partial charge in [-0.3, -0.25) is 4.99 Å². The molecule has 1 aromatic heterocycles. The fourth-order valence-electron chi connectivity index (χ4n) is 1.29. The molecule has 104 valence electrons. The number of hydrogen-bond donors (Lipinski definition) is 1. The first-order valence-electron chi connectivity index (χ1n) is 5.29. The lowest BCUT2D eigenvalue weighted by Crippen LogP contribution is -2.27. The largest absolute Gasteiger partial charge is 0.478 e. The van der Waals surface area contributed by atoms with Gasteiger partial charge in [0.1, 0.15) is 0 Å². The van der Waals surface area contributed by atoms with Crippen molar-refractivity contribution in [3.63, 3.8) is 0 Å². The second-order valence-electron chi connectivity index (χ2n) is 3.45. The highest BCUT2D eigenvalue weighted by Crippen LogP contribution is 2.11. The number of nitrogens with zero attached hydrogens (tertiary/aromatic N) is 3. The highest BCUT2D eigenvalue weighted by atomic mass is 32.2. The first-order valence-corrected chi connectivity index (χ1v) is 8.72. The van der Waals surface area contributed by atoms with Crippen molar-refractivity contribution in [2.75, 3.05) is 19.4 Å². The molecule has 0 saturated heterocycles. The number of nitrogens with one attached hydrogen (secondary N) is 1. The third-order valence-corrected chi connectivity index (χ3v) is 4.50. The molecule has 19 heavy (non-hydrogen) atoms. The molecule has 0 aliphatic carbocycles. The minimum Gasteiger partial charge on any atom is -0.478 e. The molecule has 1 aromatic rings. The summed E-state index contributed by atoms with van der Waals surface area (Å²) in [4.78, 5) is 4.12. The lowest BCUT2D eigenvalue weighted by atomic mass is 10.5. The number of hydrogen-bond acceptors (Lipinski definition) is 7. The van der Waals surface area contributed by atoms with Crippen molar-refractivity contribution in [2.45, 2.75) is 5.75 Å². The van der Waals surface area contributed by atoms with Gasteiger partial charge in [-0.25, -0.2) is 4.72 Å². The smallest absolute Gasteiger partial charge is 0.347 e. The number of aromatic nitrogens is 1. The Kier molecular flexibility index (Phi) is 4.77. The molecule has 1 aliphatic rings. The zero-order valence-corrected chi connectivity index (χ0v) is 12.5. The molecular weight excluding hydrogens is 308 g/mol. The quantitative estimate of drug-likeness (QED) is 0.805. The maximum Gasteiger partial charge on any atom is 0.347 e. The van der Waals surface area contributed by atoms with Crippen LogP contribution >= 0.6 is 23.3 Å². The standard InChI is InChI=1S/C9H12N4O3S3/c1-16-9-8(12-19(14,15)13-9)10-3-5-17-6-7-2-4-18-11-7/h2,4H,3,5-6H2,1H3,(H,10,12). The Morgan fingerprint density at radius 2 is 2.42 bits per heavy atom. The van der Waals surface area contributed by atoms with E-state index in [4.69, 9.17) is 4.74 Å². The summed E-state index contributed by atoms with van der Waals surface area (Å²) in [6.07, 6.45) is 0. The summed E-state index contributed by atoms with van der Waals surface area (Å²) in [5, 5.41) is 1.94. The van der Waals surface area contributed by atoms with Gasteiger partial charge in [0.05, 0.1) is 19.3 Å². The van der Waals surface area contributed by atoms with E-state index in [0.717, 1.165) is 17.2 Å². The van der Waals surface area contributed by atoms with Gasteiger partial charge < -0.3 is 4.74 Å². The Bertz CT molecular complexity index is 580. The molecule has 0 atom stereocenters. The minimum absolute atomic E-state index is 0.00417. The number of amidine groups is 1. The lowest BCUT2D eigenvalue weighted by molar-refractivity contribution is 0.412. The summed E-state index contributed by atoms with van der Waals surface area (Å²) in [6, 6.07) is 1.98. The van der Waals surface area contributed by atoms with Crippen molar-refractivity contribution in [3.05, 3.63) is 17.1 Å². The van der Waals surface area contributed by atoms with Crippen LogP contribution in [0.15, 0.2) is 20.8 Å². The molecule has 0 spiro atoms. The summed E-state index contributed by atoms with van der Waals surface area (Å²) < 4.78 is 37.0. The van der Waals surface area contributed by atoms with Gasteiger partial charge in [-0.05, 0) is 17.6 Å². The summed E-state index contributed by atoms with van der Waals surface area (Å²) in [5.74, 6) is 1.76. The summed E-state index contributed by atoms with van der Waals surface area (Å²) in [6.45, 7) is 0.481. The van der Waals surface area contributed by atoms with E-state index in [-0.39, 0.29) is 11.7 Å². The Morgan fingerprint density at radius 3 is 3.11 bits per heavy atom. The molecule has 10 heteroatoms. The van der Waals surface area contributed by atoms with Crippen LogP contribution in [0.1, 0.15) is 5.69 Å². The molecule has 2 heterocycles. The van der Waals surface area contributed by atoms with Gasteiger partial charge in [-0.2, -0.15) is 24.6 Å². The first kappa shape index (κ1) is 14.3. The van der Waals surface area contributed by atoms with E-state index < -0.39 is 10.2 Å². The maximum absolute atomic E-state index is 11.2. The monoisotopic (exact) mass is 320 g/mol. The average molecular weight is 320 g/mol. The predicted octanol–water partition coefficient (Wildman–Crippen LogP) is 0.668. The van der Waals surface area contributed by atoms with E-state index in [1.807, 2.05) is 11.4 Å². The van der Waals surface area contributed by atoms with Crippen LogP contribution in [0, 0.1) is 0 Å². The van der Waals surface area contributed by atoms with Gasteiger partial charge >= 0.3 is 10.2 Å². The normalized spacial score (nSPS) is 19.2. The third kappa shape index (κ3) is 4.18. The van der Waals surface area contributed by atoms with Crippen molar-refractivity contribution in [1.29, 1.82) is 0 Å². The van der Waals surface area contributed by atoms with Crippen molar-refractivity contribution in [3.8, 4) is 0 Å². The van der Waals surface area contributed by atoms with Crippen LogP contribution in [0.3, 0.4) is 0 Å². The summed E-state index contributed by atoms with van der Waals surface area (Å²) in [5.41, 5.74) is 1.04. The molecule has 2 rings (SSSR count). The second-order valence-corrected chi connectivity index (χ2v) is 6.56. The predicted molar refractivity (Wildman–Crippen MR) is 77.1 cm³/mol. The Morgan fingerprint density at radius 1 is 1.58 bits per heavy atom. The van der Waals surface area contributed by atoms with Crippen molar-refractivity contribution in [2.24, 2.45) is 9.39 Å². The molecule has 0 saturated carbocycles. The van der Waals surface area contributed by atoms with Gasteiger partial charge in [0.15, 0.2) is 0 Å².